The maximum absolute atomic E-state index is 5.09. The van der Waals surface area contributed by atoms with E-state index in [-0.39, 0.29) is 6.79 Å². The molecule has 0 aliphatic carbocycles. The SMILES string of the molecule is C=C(NOCOC)/C(=C/C(=C\C)CC(C)C)CC. The number of hydroxylamine groups is 1. The molecule has 1 N–H and O–H groups in total. The molecule has 3 nitrogen and oxygen atoms in total. The third-order valence-corrected chi connectivity index (χ3v) is 2.52. The number of methoxy groups -OCH3 is 1. The molecule has 0 amide bonds. The third-order valence-electron chi connectivity index (χ3n) is 2.52. The first-order chi connectivity index (χ1) is 8.54. The predicted molar refractivity (Wildman–Crippen MR) is 76.8 cm³/mol. The molecule has 0 aliphatic rings. The summed E-state index contributed by atoms with van der Waals surface area (Å²) in [6.45, 7) is 12.8. The summed E-state index contributed by atoms with van der Waals surface area (Å²) in [6.07, 6.45) is 6.33. The van der Waals surface area contributed by atoms with Crippen molar-refractivity contribution in [2.45, 2.75) is 40.5 Å². The summed E-state index contributed by atoms with van der Waals surface area (Å²) >= 11 is 0. The van der Waals surface area contributed by atoms with Gasteiger partial charge in [0.05, 0.1) is 5.70 Å². The topological polar surface area (TPSA) is 30.5 Å². The first-order valence-corrected chi connectivity index (χ1v) is 6.46. The van der Waals surface area contributed by atoms with Gasteiger partial charge in [-0.05, 0) is 31.3 Å². The smallest absolute Gasteiger partial charge is 0.172 e. The minimum absolute atomic E-state index is 0.207. The van der Waals surface area contributed by atoms with Crippen molar-refractivity contribution in [1.82, 2.24) is 5.48 Å². The van der Waals surface area contributed by atoms with Gasteiger partial charge in [0, 0.05) is 7.11 Å². The van der Waals surface area contributed by atoms with Gasteiger partial charge in [-0.1, -0.05) is 45.1 Å². The van der Waals surface area contributed by atoms with Crippen LogP contribution in [0.25, 0.3) is 0 Å². The Morgan fingerprint density at radius 3 is 2.50 bits per heavy atom. The van der Waals surface area contributed by atoms with Crippen LogP contribution in [0.4, 0.5) is 0 Å². The molecule has 0 aromatic rings. The lowest BCUT2D eigenvalue weighted by atomic mass is 9.99. The maximum Gasteiger partial charge on any atom is 0.172 e. The summed E-state index contributed by atoms with van der Waals surface area (Å²) in [6, 6.07) is 0. The Bertz CT molecular complexity index is 304. The van der Waals surface area contributed by atoms with Gasteiger partial charge in [-0.2, -0.15) is 0 Å². The quantitative estimate of drug-likeness (QED) is 0.292. The second-order valence-corrected chi connectivity index (χ2v) is 4.62. The zero-order chi connectivity index (χ0) is 14.0. The summed E-state index contributed by atoms with van der Waals surface area (Å²) in [4.78, 5) is 5.09. The number of hydrogen-bond acceptors (Lipinski definition) is 3. The predicted octanol–water partition coefficient (Wildman–Crippen LogP) is 3.95. The Labute approximate surface area is 112 Å². The highest BCUT2D eigenvalue weighted by Crippen LogP contribution is 2.18. The summed E-state index contributed by atoms with van der Waals surface area (Å²) in [7, 11) is 1.58. The molecule has 0 radical (unpaired) electrons. The molecule has 0 fully saturated rings. The zero-order valence-corrected chi connectivity index (χ0v) is 12.4. The lowest BCUT2D eigenvalue weighted by Crippen LogP contribution is -2.16. The molecule has 0 saturated heterocycles. The van der Waals surface area contributed by atoms with Gasteiger partial charge in [-0.15, -0.1) is 0 Å². The van der Waals surface area contributed by atoms with E-state index in [0.717, 1.165) is 24.1 Å². The second-order valence-electron chi connectivity index (χ2n) is 4.62. The fraction of sp³-hybridized carbons (Fsp3) is 0.600. The van der Waals surface area contributed by atoms with E-state index in [4.69, 9.17) is 9.57 Å². The highest BCUT2D eigenvalue weighted by molar-refractivity contribution is 5.34. The highest BCUT2D eigenvalue weighted by atomic mass is 16.7. The standard InChI is InChI=1S/C15H27NO2/c1-7-14(9-12(3)4)10-15(8-2)13(5)16-18-11-17-6/h7,10,12,16H,5,8-9,11H2,1-4,6H3/b14-7-,15-10+. The Balaban J connectivity index is 4.58. The van der Waals surface area contributed by atoms with Crippen molar-refractivity contribution in [3.63, 3.8) is 0 Å². The summed E-state index contributed by atoms with van der Waals surface area (Å²) in [5, 5.41) is 0. The molecule has 0 rings (SSSR count). The molecule has 0 heterocycles. The summed E-state index contributed by atoms with van der Waals surface area (Å²) < 4.78 is 4.80. The van der Waals surface area contributed by atoms with E-state index in [1.165, 1.54) is 5.57 Å². The lowest BCUT2D eigenvalue weighted by Gasteiger charge is -2.13. The van der Waals surface area contributed by atoms with Gasteiger partial charge in [-0.25, -0.2) is 4.84 Å². The van der Waals surface area contributed by atoms with Crippen molar-refractivity contribution in [3.8, 4) is 0 Å². The Morgan fingerprint density at radius 2 is 2.06 bits per heavy atom. The average molecular weight is 253 g/mol. The fourth-order valence-electron chi connectivity index (χ4n) is 1.60. The van der Waals surface area contributed by atoms with Crippen LogP contribution in [-0.2, 0) is 9.57 Å². The van der Waals surface area contributed by atoms with E-state index < -0.39 is 0 Å². The fourth-order valence-corrected chi connectivity index (χ4v) is 1.60. The molecule has 104 valence electrons. The van der Waals surface area contributed by atoms with E-state index in [9.17, 15) is 0 Å². The molecule has 0 saturated carbocycles. The van der Waals surface area contributed by atoms with Crippen LogP contribution in [0.2, 0.25) is 0 Å². The summed E-state index contributed by atoms with van der Waals surface area (Å²) in [5.74, 6) is 0.650. The molecule has 0 atom stereocenters. The lowest BCUT2D eigenvalue weighted by molar-refractivity contribution is -0.0696. The van der Waals surface area contributed by atoms with Crippen molar-refractivity contribution in [2.75, 3.05) is 13.9 Å². The molecule has 0 aliphatic heterocycles. The Morgan fingerprint density at radius 1 is 1.39 bits per heavy atom. The van der Waals surface area contributed by atoms with Crippen molar-refractivity contribution in [3.05, 3.63) is 35.6 Å². The van der Waals surface area contributed by atoms with E-state index >= 15 is 0 Å². The molecule has 0 unspecified atom stereocenters. The number of allylic oxidation sites excluding steroid dienone is 4. The van der Waals surface area contributed by atoms with Gasteiger partial charge >= 0.3 is 0 Å². The molecule has 0 aromatic carbocycles. The number of ether oxygens (including phenoxy) is 1. The molecule has 0 bridgehead atoms. The van der Waals surface area contributed by atoms with Crippen LogP contribution in [0.3, 0.4) is 0 Å². The van der Waals surface area contributed by atoms with Crippen LogP contribution >= 0.6 is 0 Å². The Hall–Kier alpha value is -1.06. The van der Waals surface area contributed by atoms with E-state index in [1.54, 1.807) is 7.11 Å². The van der Waals surface area contributed by atoms with Gasteiger partial charge in [0.25, 0.3) is 0 Å². The molecule has 3 heteroatoms. The highest BCUT2D eigenvalue weighted by Gasteiger charge is 2.04. The van der Waals surface area contributed by atoms with Crippen molar-refractivity contribution in [1.29, 1.82) is 0 Å². The first kappa shape index (κ1) is 16.9. The molecular weight excluding hydrogens is 226 g/mol. The van der Waals surface area contributed by atoms with Gasteiger partial charge in [-0.3, -0.25) is 5.48 Å². The number of nitrogens with one attached hydrogen (secondary N) is 1. The minimum atomic E-state index is 0.207. The normalized spacial score (nSPS) is 13.0. The number of hydrogen-bond donors (Lipinski definition) is 1. The van der Waals surface area contributed by atoms with E-state index in [2.05, 4.69) is 51.9 Å². The maximum atomic E-state index is 5.09. The van der Waals surface area contributed by atoms with Crippen LogP contribution in [0.5, 0.6) is 0 Å². The van der Waals surface area contributed by atoms with Gasteiger partial charge in [0.15, 0.2) is 6.79 Å². The van der Waals surface area contributed by atoms with Crippen LogP contribution in [-0.4, -0.2) is 13.9 Å². The number of rotatable bonds is 9. The van der Waals surface area contributed by atoms with Crippen LogP contribution < -0.4 is 5.48 Å². The third kappa shape index (κ3) is 7.30. The minimum Gasteiger partial charge on any atom is -0.356 e. The van der Waals surface area contributed by atoms with Crippen molar-refractivity contribution in [2.24, 2.45) is 5.92 Å². The Kier molecular flexibility index (Phi) is 9.33. The molecular formula is C15H27NO2. The van der Waals surface area contributed by atoms with Crippen LogP contribution in [0.15, 0.2) is 35.6 Å². The first-order valence-electron chi connectivity index (χ1n) is 6.46. The van der Waals surface area contributed by atoms with Crippen LogP contribution in [0, 0.1) is 5.92 Å². The average Bonchev–Trinajstić information content (AvgIpc) is 2.33. The zero-order valence-electron chi connectivity index (χ0n) is 12.4. The van der Waals surface area contributed by atoms with Gasteiger partial charge < -0.3 is 4.74 Å². The monoisotopic (exact) mass is 253 g/mol. The van der Waals surface area contributed by atoms with Crippen LogP contribution in [0.1, 0.15) is 40.5 Å². The molecule has 18 heavy (non-hydrogen) atoms. The van der Waals surface area contributed by atoms with E-state index in [0.29, 0.717) is 5.92 Å². The molecule has 0 aromatic heterocycles. The molecule has 0 spiro atoms. The van der Waals surface area contributed by atoms with Crippen molar-refractivity contribution >= 4 is 0 Å². The second kappa shape index (κ2) is 9.92. The summed E-state index contributed by atoms with van der Waals surface area (Å²) in [5.41, 5.74) is 6.07. The van der Waals surface area contributed by atoms with Gasteiger partial charge in [0.1, 0.15) is 0 Å². The largest absolute Gasteiger partial charge is 0.356 e. The van der Waals surface area contributed by atoms with Crippen molar-refractivity contribution < 1.29 is 9.57 Å². The van der Waals surface area contributed by atoms with E-state index in [1.807, 2.05) is 0 Å². The van der Waals surface area contributed by atoms with Gasteiger partial charge in [0.2, 0.25) is 0 Å².